The fraction of sp³-hybridized carbons (Fsp3) is 0.500. The van der Waals surface area contributed by atoms with Gasteiger partial charge >= 0.3 is 6.03 Å². The summed E-state index contributed by atoms with van der Waals surface area (Å²) >= 11 is 0. The van der Waals surface area contributed by atoms with Crippen LogP contribution < -0.4 is 5.32 Å². The van der Waals surface area contributed by atoms with Gasteiger partial charge in [-0.2, -0.15) is 0 Å². The average Bonchev–Trinajstić information content (AvgIpc) is 2.60. The van der Waals surface area contributed by atoms with Crippen molar-refractivity contribution in [2.75, 3.05) is 39.0 Å². The maximum Gasteiger partial charge on any atom is 0.322 e. The summed E-state index contributed by atoms with van der Waals surface area (Å²) in [5.41, 5.74) is 0.706. The zero-order valence-corrected chi connectivity index (χ0v) is 14.6. The van der Waals surface area contributed by atoms with Crippen LogP contribution in [0.2, 0.25) is 0 Å². The summed E-state index contributed by atoms with van der Waals surface area (Å²) in [6.45, 7) is 1.24. The number of nitrogens with zero attached hydrogens (tertiary/aromatic N) is 3. The molecule has 1 N–H and O–H groups in total. The topological polar surface area (TPSA) is 73.0 Å². The lowest BCUT2D eigenvalue weighted by atomic mass is 9.86. The molecule has 3 rings (SSSR count). The lowest BCUT2D eigenvalue weighted by molar-refractivity contribution is -0.148. The molecule has 25 heavy (non-hydrogen) atoms. The third-order valence-corrected chi connectivity index (χ3v) is 4.90. The highest BCUT2D eigenvalue weighted by molar-refractivity contribution is 5.95. The number of likely N-dealkylation sites (N-methyl/N-ethyl adjacent to an activating group) is 1. The van der Waals surface area contributed by atoms with E-state index >= 15 is 0 Å². The number of amides is 4. The highest BCUT2D eigenvalue weighted by Gasteiger charge is 2.43. The van der Waals surface area contributed by atoms with Crippen molar-refractivity contribution in [3.63, 3.8) is 0 Å². The van der Waals surface area contributed by atoms with Crippen molar-refractivity contribution in [2.45, 2.75) is 18.9 Å². The van der Waals surface area contributed by atoms with Gasteiger partial charge < -0.3 is 20.0 Å². The normalized spacial score (nSPS) is 22.6. The predicted octanol–water partition coefficient (Wildman–Crippen LogP) is 1.23. The molecule has 2 saturated heterocycles. The van der Waals surface area contributed by atoms with E-state index in [4.69, 9.17) is 0 Å². The first-order valence-electron chi connectivity index (χ1n) is 8.57. The van der Waals surface area contributed by atoms with Crippen molar-refractivity contribution in [1.82, 2.24) is 14.7 Å². The van der Waals surface area contributed by atoms with Crippen LogP contribution in [-0.2, 0) is 9.59 Å². The summed E-state index contributed by atoms with van der Waals surface area (Å²) in [4.78, 5) is 42.1. The first-order valence-corrected chi connectivity index (χ1v) is 8.57. The monoisotopic (exact) mass is 344 g/mol. The first-order chi connectivity index (χ1) is 12.0. The van der Waals surface area contributed by atoms with E-state index in [-0.39, 0.29) is 24.4 Å². The third kappa shape index (κ3) is 3.75. The van der Waals surface area contributed by atoms with Crippen LogP contribution in [0, 0.1) is 5.92 Å². The summed E-state index contributed by atoms with van der Waals surface area (Å²) < 4.78 is 0. The van der Waals surface area contributed by atoms with Crippen molar-refractivity contribution < 1.29 is 14.4 Å². The summed E-state index contributed by atoms with van der Waals surface area (Å²) in [7, 11) is 3.36. The van der Waals surface area contributed by atoms with Gasteiger partial charge in [-0.05, 0) is 30.9 Å². The van der Waals surface area contributed by atoms with E-state index in [1.165, 1.54) is 4.90 Å². The number of hydrogen-bond acceptors (Lipinski definition) is 3. The Morgan fingerprint density at radius 3 is 2.64 bits per heavy atom. The van der Waals surface area contributed by atoms with Gasteiger partial charge in [0.15, 0.2) is 0 Å². The van der Waals surface area contributed by atoms with Gasteiger partial charge in [0.25, 0.3) is 0 Å². The molecule has 2 atom stereocenters. The number of carbonyl (C=O) groups is 3. The minimum Gasteiger partial charge on any atom is -0.347 e. The molecule has 0 aromatic heterocycles. The van der Waals surface area contributed by atoms with E-state index < -0.39 is 6.04 Å². The van der Waals surface area contributed by atoms with Crippen LogP contribution in [0.4, 0.5) is 10.5 Å². The van der Waals surface area contributed by atoms with Crippen LogP contribution in [0.3, 0.4) is 0 Å². The average molecular weight is 344 g/mol. The Kier molecular flexibility index (Phi) is 4.92. The largest absolute Gasteiger partial charge is 0.347 e. The van der Waals surface area contributed by atoms with Crippen LogP contribution in [0.1, 0.15) is 12.8 Å². The van der Waals surface area contributed by atoms with E-state index in [9.17, 15) is 14.4 Å². The molecule has 1 aromatic rings. The second-order valence-electron chi connectivity index (χ2n) is 6.90. The predicted molar refractivity (Wildman–Crippen MR) is 94.0 cm³/mol. The van der Waals surface area contributed by atoms with E-state index in [0.29, 0.717) is 31.1 Å². The van der Waals surface area contributed by atoms with Crippen molar-refractivity contribution in [2.24, 2.45) is 5.92 Å². The number of urea groups is 1. The van der Waals surface area contributed by atoms with E-state index in [2.05, 4.69) is 5.32 Å². The molecule has 7 heteroatoms. The van der Waals surface area contributed by atoms with Crippen LogP contribution in [-0.4, -0.2) is 72.3 Å². The number of para-hydroxylation sites is 1. The summed E-state index contributed by atoms with van der Waals surface area (Å²) in [5.74, 6) is 0.112. The molecule has 2 bridgehead atoms. The van der Waals surface area contributed by atoms with Gasteiger partial charge in [-0.15, -0.1) is 0 Å². The van der Waals surface area contributed by atoms with E-state index in [1.807, 2.05) is 30.3 Å². The van der Waals surface area contributed by atoms with Crippen LogP contribution >= 0.6 is 0 Å². The second kappa shape index (κ2) is 7.13. The number of piperidine rings is 2. The van der Waals surface area contributed by atoms with Gasteiger partial charge in [0.2, 0.25) is 11.8 Å². The molecule has 2 aliphatic rings. The molecule has 0 spiro atoms. The van der Waals surface area contributed by atoms with Gasteiger partial charge in [-0.25, -0.2) is 4.79 Å². The number of nitrogens with one attached hydrogen (secondary N) is 1. The Balaban J connectivity index is 1.70. The number of carbonyl (C=O) groups excluding carboxylic acids is 3. The first kappa shape index (κ1) is 17.3. The Morgan fingerprint density at radius 2 is 1.96 bits per heavy atom. The van der Waals surface area contributed by atoms with Crippen molar-refractivity contribution in [3.8, 4) is 0 Å². The SMILES string of the molecule is CN(C)C(=O)CN1C[C@H]2CCN(C(=O)Nc3ccccc3)[C@H](C2)C1=O. The maximum atomic E-state index is 12.8. The number of hydrogen-bond donors (Lipinski definition) is 1. The Bertz CT molecular complexity index is 662. The Hall–Kier alpha value is -2.57. The molecule has 2 aliphatic heterocycles. The molecular formula is C18H24N4O3. The molecular weight excluding hydrogens is 320 g/mol. The maximum absolute atomic E-state index is 12.8. The lowest BCUT2D eigenvalue weighted by Gasteiger charge is -2.46. The summed E-state index contributed by atoms with van der Waals surface area (Å²) in [6.07, 6.45) is 1.52. The highest BCUT2D eigenvalue weighted by Crippen LogP contribution is 2.30. The number of likely N-dealkylation sites (tertiary alicyclic amines) is 2. The minimum absolute atomic E-state index is 0.0764. The molecule has 0 saturated carbocycles. The van der Waals surface area contributed by atoms with Gasteiger partial charge in [0.05, 0.1) is 6.54 Å². The van der Waals surface area contributed by atoms with Crippen LogP contribution in [0.5, 0.6) is 0 Å². The fourth-order valence-corrected chi connectivity index (χ4v) is 3.46. The number of rotatable bonds is 3. The summed E-state index contributed by atoms with van der Waals surface area (Å²) in [5, 5.41) is 2.85. The molecule has 134 valence electrons. The molecule has 0 aliphatic carbocycles. The molecule has 7 nitrogen and oxygen atoms in total. The molecule has 0 radical (unpaired) electrons. The van der Waals surface area contributed by atoms with E-state index in [1.54, 1.807) is 23.9 Å². The fourth-order valence-electron chi connectivity index (χ4n) is 3.46. The van der Waals surface area contributed by atoms with Crippen molar-refractivity contribution in [3.05, 3.63) is 30.3 Å². The smallest absolute Gasteiger partial charge is 0.322 e. The van der Waals surface area contributed by atoms with Crippen molar-refractivity contribution in [1.29, 1.82) is 0 Å². The molecule has 2 heterocycles. The Labute approximate surface area is 147 Å². The third-order valence-electron chi connectivity index (χ3n) is 4.90. The number of anilines is 1. The van der Waals surface area contributed by atoms with E-state index in [0.717, 1.165) is 6.42 Å². The molecule has 2 fully saturated rings. The second-order valence-corrected chi connectivity index (χ2v) is 6.90. The standard InChI is InChI=1S/C18H24N4O3/c1-20(2)16(23)12-21-11-13-8-9-22(15(10-13)17(21)24)18(25)19-14-6-4-3-5-7-14/h3-7,13,15H,8-12H2,1-2H3,(H,19,25)/t13-,15+/m0/s1. The molecule has 4 amide bonds. The van der Waals surface area contributed by atoms with Crippen LogP contribution in [0.15, 0.2) is 30.3 Å². The lowest BCUT2D eigenvalue weighted by Crippen LogP contribution is -2.61. The highest BCUT2D eigenvalue weighted by atomic mass is 16.2. The number of fused-ring (bicyclic) bond motifs is 2. The number of benzene rings is 1. The van der Waals surface area contributed by atoms with Crippen molar-refractivity contribution >= 4 is 23.5 Å². The minimum atomic E-state index is -0.480. The summed E-state index contributed by atoms with van der Waals surface area (Å²) in [6, 6.07) is 8.47. The van der Waals surface area contributed by atoms with Crippen LogP contribution in [0.25, 0.3) is 0 Å². The molecule has 0 unspecified atom stereocenters. The van der Waals surface area contributed by atoms with Gasteiger partial charge in [0.1, 0.15) is 6.04 Å². The zero-order chi connectivity index (χ0) is 18.0. The Morgan fingerprint density at radius 1 is 1.24 bits per heavy atom. The quantitative estimate of drug-likeness (QED) is 0.896. The van der Waals surface area contributed by atoms with Gasteiger partial charge in [-0.1, -0.05) is 18.2 Å². The zero-order valence-electron chi connectivity index (χ0n) is 14.6. The van der Waals surface area contributed by atoms with Gasteiger partial charge in [0, 0.05) is 32.9 Å². The van der Waals surface area contributed by atoms with Gasteiger partial charge in [-0.3, -0.25) is 9.59 Å². The molecule has 1 aromatic carbocycles.